The summed E-state index contributed by atoms with van der Waals surface area (Å²) in [6.45, 7) is 0. The van der Waals surface area contributed by atoms with Crippen LogP contribution in [0.1, 0.15) is 32.1 Å². The fourth-order valence-corrected chi connectivity index (χ4v) is 2.12. The molecule has 1 aromatic rings. The Kier molecular flexibility index (Phi) is 3.38. The number of aromatic nitrogens is 1. The molecule has 3 N–H and O–H groups in total. The van der Waals surface area contributed by atoms with E-state index < -0.39 is 11.5 Å². The Morgan fingerprint density at radius 1 is 1.35 bits per heavy atom. The minimum absolute atomic E-state index is 0.203. The molecule has 1 saturated carbocycles. The van der Waals surface area contributed by atoms with Crippen LogP contribution < -0.4 is 11.1 Å². The summed E-state index contributed by atoms with van der Waals surface area (Å²) in [6, 6.07) is 2.69. The summed E-state index contributed by atoms with van der Waals surface area (Å²) in [5.74, 6) is -0.770. The lowest BCUT2D eigenvalue weighted by Gasteiger charge is -2.31. The van der Waals surface area contributed by atoms with Crippen molar-refractivity contribution in [3.8, 4) is 0 Å². The largest absolute Gasteiger partial charge is 0.323 e. The number of nitrogens with zero attached hydrogens (tertiary/aromatic N) is 1. The van der Waals surface area contributed by atoms with E-state index in [0.717, 1.165) is 19.3 Å². The molecule has 1 aromatic heterocycles. The minimum Gasteiger partial charge on any atom is -0.323 e. The molecule has 4 nitrogen and oxygen atoms in total. The van der Waals surface area contributed by atoms with E-state index in [1.807, 2.05) is 0 Å². The van der Waals surface area contributed by atoms with E-state index in [2.05, 4.69) is 10.3 Å². The van der Waals surface area contributed by atoms with Gasteiger partial charge in [-0.3, -0.25) is 4.79 Å². The maximum Gasteiger partial charge on any atom is 0.244 e. The molecule has 1 aliphatic carbocycles. The first-order chi connectivity index (χ1) is 8.10. The first-order valence-electron chi connectivity index (χ1n) is 5.82. The molecule has 0 saturated heterocycles. The van der Waals surface area contributed by atoms with Crippen LogP contribution in [0.5, 0.6) is 0 Å². The SMILES string of the molecule is NC1(C(=O)Nc2ccc(F)nc2)CCCCC1. The van der Waals surface area contributed by atoms with Crippen molar-refractivity contribution in [2.75, 3.05) is 5.32 Å². The number of hydrogen-bond donors (Lipinski definition) is 2. The molecule has 1 heterocycles. The molecule has 1 amide bonds. The molecule has 92 valence electrons. The summed E-state index contributed by atoms with van der Waals surface area (Å²) in [6.07, 6.45) is 5.78. The van der Waals surface area contributed by atoms with Crippen molar-refractivity contribution in [1.29, 1.82) is 0 Å². The maximum atomic E-state index is 12.6. The molecule has 1 aliphatic rings. The number of hydrogen-bond acceptors (Lipinski definition) is 3. The summed E-state index contributed by atoms with van der Waals surface area (Å²) < 4.78 is 12.6. The average Bonchev–Trinajstić information content (AvgIpc) is 2.33. The molecule has 0 bridgehead atoms. The number of rotatable bonds is 2. The standard InChI is InChI=1S/C12H16FN3O/c13-10-5-4-9(8-15-10)16-11(17)12(14)6-2-1-3-7-12/h4-5,8H,1-3,6-7,14H2,(H,16,17). The zero-order valence-corrected chi connectivity index (χ0v) is 9.58. The van der Waals surface area contributed by atoms with Crippen LogP contribution in [0.3, 0.4) is 0 Å². The van der Waals surface area contributed by atoms with Crippen LogP contribution in [-0.4, -0.2) is 16.4 Å². The average molecular weight is 237 g/mol. The Morgan fingerprint density at radius 2 is 2.06 bits per heavy atom. The normalized spacial score (nSPS) is 18.7. The number of anilines is 1. The van der Waals surface area contributed by atoms with Gasteiger partial charge in [0.15, 0.2) is 0 Å². The molecule has 0 unspecified atom stereocenters. The molecular formula is C12H16FN3O. The van der Waals surface area contributed by atoms with Crippen LogP contribution in [0.4, 0.5) is 10.1 Å². The quantitative estimate of drug-likeness (QED) is 0.771. The van der Waals surface area contributed by atoms with Crippen LogP contribution >= 0.6 is 0 Å². The molecule has 2 rings (SSSR count). The van der Waals surface area contributed by atoms with E-state index in [1.165, 1.54) is 18.3 Å². The number of nitrogens with two attached hydrogens (primary N) is 1. The molecule has 1 fully saturated rings. The smallest absolute Gasteiger partial charge is 0.244 e. The van der Waals surface area contributed by atoms with Gasteiger partial charge in [-0.15, -0.1) is 0 Å². The number of nitrogens with one attached hydrogen (secondary N) is 1. The molecule has 0 aliphatic heterocycles. The number of carbonyl (C=O) groups is 1. The van der Waals surface area contributed by atoms with E-state index in [9.17, 15) is 9.18 Å². The van der Waals surface area contributed by atoms with Crippen molar-refractivity contribution in [2.45, 2.75) is 37.6 Å². The van der Waals surface area contributed by atoms with Crippen LogP contribution in [0, 0.1) is 5.95 Å². The monoisotopic (exact) mass is 237 g/mol. The Balaban J connectivity index is 2.03. The van der Waals surface area contributed by atoms with Gasteiger partial charge in [0.1, 0.15) is 0 Å². The van der Waals surface area contributed by atoms with Crippen LogP contribution in [0.2, 0.25) is 0 Å². The van der Waals surface area contributed by atoms with Crippen LogP contribution in [0.15, 0.2) is 18.3 Å². The molecule has 0 spiro atoms. The Hall–Kier alpha value is -1.49. The predicted octanol–water partition coefficient (Wildman–Crippen LogP) is 1.82. The Labute approximate surface area is 99.4 Å². The van der Waals surface area contributed by atoms with Gasteiger partial charge in [0.25, 0.3) is 0 Å². The summed E-state index contributed by atoms with van der Waals surface area (Å²) in [5, 5.41) is 2.69. The molecule has 0 radical (unpaired) electrons. The van der Waals surface area contributed by atoms with Gasteiger partial charge in [0.2, 0.25) is 11.9 Å². The predicted molar refractivity (Wildman–Crippen MR) is 62.8 cm³/mol. The molecule has 0 aromatic carbocycles. The first-order valence-corrected chi connectivity index (χ1v) is 5.82. The van der Waals surface area contributed by atoms with Gasteiger partial charge >= 0.3 is 0 Å². The second-order valence-corrected chi connectivity index (χ2v) is 4.54. The van der Waals surface area contributed by atoms with Crippen molar-refractivity contribution in [2.24, 2.45) is 5.73 Å². The third-order valence-electron chi connectivity index (χ3n) is 3.18. The third-order valence-corrected chi connectivity index (χ3v) is 3.18. The van der Waals surface area contributed by atoms with E-state index in [1.54, 1.807) is 0 Å². The summed E-state index contributed by atoms with van der Waals surface area (Å²) >= 11 is 0. The van der Waals surface area contributed by atoms with Crippen molar-refractivity contribution in [3.05, 3.63) is 24.3 Å². The lowest BCUT2D eigenvalue weighted by atomic mass is 9.82. The number of pyridine rings is 1. The van der Waals surface area contributed by atoms with E-state index in [-0.39, 0.29) is 5.91 Å². The van der Waals surface area contributed by atoms with Crippen LogP contribution in [-0.2, 0) is 4.79 Å². The van der Waals surface area contributed by atoms with E-state index >= 15 is 0 Å². The fraction of sp³-hybridized carbons (Fsp3) is 0.500. The van der Waals surface area contributed by atoms with Gasteiger partial charge < -0.3 is 11.1 Å². The van der Waals surface area contributed by atoms with Crippen molar-refractivity contribution in [1.82, 2.24) is 4.98 Å². The highest BCUT2D eigenvalue weighted by Crippen LogP contribution is 2.27. The Bertz CT molecular complexity index is 399. The topological polar surface area (TPSA) is 68.0 Å². The molecule has 17 heavy (non-hydrogen) atoms. The Morgan fingerprint density at radius 3 is 2.65 bits per heavy atom. The van der Waals surface area contributed by atoms with Gasteiger partial charge in [-0.1, -0.05) is 19.3 Å². The highest BCUT2D eigenvalue weighted by atomic mass is 19.1. The molecule has 0 atom stereocenters. The lowest BCUT2D eigenvalue weighted by molar-refractivity contribution is -0.122. The second-order valence-electron chi connectivity index (χ2n) is 4.54. The number of amides is 1. The second kappa shape index (κ2) is 4.79. The molecular weight excluding hydrogens is 221 g/mol. The van der Waals surface area contributed by atoms with Crippen molar-refractivity contribution in [3.63, 3.8) is 0 Å². The summed E-state index contributed by atoms with van der Waals surface area (Å²) in [7, 11) is 0. The first kappa shape index (κ1) is 12.0. The zero-order chi connectivity index (χ0) is 12.3. The highest BCUT2D eigenvalue weighted by Gasteiger charge is 2.35. The van der Waals surface area contributed by atoms with Crippen LogP contribution in [0.25, 0.3) is 0 Å². The minimum atomic E-state index is -0.785. The van der Waals surface area contributed by atoms with Gasteiger partial charge in [-0.2, -0.15) is 4.39 Å². The molecule has 5 heteroatoms. The van der Waals surface area contributed by atoms with Gasteiger partial charge in [0.05, 0.1) is 17.4 Å². The summed E-state index contributed by atoms with van der Waals surface area (Å²) in [4.78, 5) is 15.5. The van der Waals surface area contributed by atoms with Gasteiger partial charge in [-0.25, -0.2) is 4.98 Å². The zero-order valence-electron chi connectivity index (χ0n) is 9.58. The number of carbonyl (C=O) groups excluding carboxylic acids is 1. The number of halogens is 1. The summed E-state index contributed by atoms with van der Waals surface area (Å²) in [5.41, 5.74) is 5.77. The third kappa shape index (κ3) is 2.79. The van der Waals surface area contributed by atoms with E-state index in [0.29, 0.717) is 18.5 Å². The van der Waals surface area contributed by atoms with Gasteiger partial charge in [0, 0.05) is 0 Å². The lowest BCUT2D eigenvalue weighted by Crippen LogP contribution is -2.52. The van der Waals surface area contributed by atoms with Crippen molar-refractivity contribution < 1.29 is 9.18 Å². The van der Waals surface area contributed by atoms with Gasteiger partial charge in [-0.05, 0) is 25.0 Å². The van der Waals surface area contributed by atoms with E-state index in [4.69, 9.17) is 5.73 Å². The highest BCUT2D eigenvalue weighted by molar-refractivity contribution is 5.97. The van der Waals surface area contributed by atoms with Crippen molar-refractivity contribution >= 4 is 11.6 Å². The fourth-order valence-electron chi connectivity index (χ4n) is 2.12. The maximum absolute atomic E-state index is 12.6.